The van der Waals surface area contributed by atoms with Gasteiger partial charge < -0.3 is 19.3 Å². The molecule has 0 radical (unpaired) electrons. The first-order valence-corrected chi connectivity index (χ1v) is 11.5. The lowest BCUT2D eigenvalue weighted by molar-refractivity contribution is -0.132. The molecule has 1 unspecified atom stereocenters. The van der Waals surface area contributed by atoms with E-state index < -0.39 is 23.5 Å². The van der Waals surface area contributed by atoms with Crippen LogP contribution in [0.2, 0.25) is 5.02 Å². The summed E-state index contributed by atoms with van der Waals surface area (Å²) in [6.45, 7) is 3.78. The quantitative estimate of drug-likeness (QED) is 0.265. The summed E-state index contributed by atoms with van der Waals surface area (Å²) in [6, 6.07) is 14.7. The number of rotatable bonds is 6. The Morgan fingerprint density at radius 1 is 0.889 bits per heavy atom. The van der Waals surface area contributed by atoms with Crippen LogP contribution >= 0.6 is 11.6 Å². The third kappa shape index (κ3) is 4.27. The number of hydrogen-bond acceptors (Lipinski definition) is 6. The Bertz CT molecular complexity index is 1380. The van der Waals surface area contributed by atoms with Gasteiger partial charge in [0.2, 0.25) is 0 Å². The number of ketones is 1. The molecule has 0 bridgehead atoms. The molecule has 7 nitrogen and oxygen atoms in total. The Morgan fingerprint density at radius 2 is 1.56 bits per heavy atom. The maximum absolute atomic E-state index is 13.5. The van der Waals surface area contributed by atoms with E-state index in [2.05, 4.69) is 0 Å². The number of benzene rings is 3. The van der Waals surface area contributed by atoms with Crippen LogP contribution in [-0.2, 0) is 9.59 Å². The average Bonchev–Trinajstić information content (AvgIpc) is 3.15. The van der Waals surface area contributed by atoms with E-state index in [0.717, 1.165) is 11.1 Å². The van der Waals surface area contributed by atoms with E-state index >= 15 is 0 Å². The van der Waals surface area contributed by atoms with Crippen LogP contribution in [0.4, 0.5) is 5.69 Å². The van der Waals surface area contributed by atoms with Gasteiger partial charge in [0.25, 0.3) is 11.7 Å². The van der Waals surface area contributed by atoms with Crippen molar-refractivity contribution in [3.8, 4) is 17.2 Å². The lowest BCUT2D eigenvalue weighted by atomic mass is 9.94. The number of carbonyl (C=O) groups excluding carboxylic acids is 2. The van der Waals surface area contributed by atoms with Gasteiger partial charge in [0.15, 0.2) is 0 Å². The van der Waals surface area contributed by atoms with Crippen LogP contribution in [0.25, 0.3) is 5.76 Å². The molecule has 186 valence electrons. The lowest BCUT2D eigenvalue weighted by Gasteiger charge is -2.27. The first kappa shape index (κ1) is 25.1. The predicted molar refractivity (Wildman–Crippen MR) is 138 cm³/mol. The van der Waals surface area contributed by atoms with Crippen molar-refractivity contribution in [2.75, 3.05) is 26.2 Å². The van der Waals surface area contributed by atoms with Crippen molar-refractivity contribution in [1.82, 2.24) is 0 Å². The largest absolute Gasteiger partial charge is 0.507 e. The summed E-state index contributed by atoms with van der Waals surface area (Å²) >= 11 is 6.33. The summed E-state index contributed by atoms with van der Waals surface area (Å²) in [7, 11) is 4.44. The van der Waals surface area contributed by atoms with Crippen LogP contribution in [-0.4, -0.2) is 38.1 Å². The smallest absolute Gasteiger partial charge is 0.300 e. The summed E-state index contributed by atoms with van der Waals surface area (Å²) < 4.78 is 16.0. The second-order valence-corrected chi connectivity index (χ2v) is 8.83. The molecule has 0 spiro atoms. The van der Waals surface area contributed by atoms with Crippen LogP contribution < -0.4 is 19.1 Å². The van der Waals surface area contributed by atoms with Gasteiger partial charge in [0.1, 0.15) is 23.0 Å². The van der Waals surface area contributed by atoms with Crippen molar-refractivity contribution in [3.05, 3.63) is 87.4 Å². The molecule has 1 saturated heterocycles. The molecule has 1 aliphatic heterocycles. The highest BCUT2D eigenvalue weighted by Gasteiger charge is 2.47. The second-order valence-electron chi connectivity index (χ2n) is 8.42. The van der Waals surface area contributed by atoms with Crippen molar-refractivity contribution in [1.29, 1.82) is 0 Å². The summed E-state index contributed by atoms with van der Waals surface area (Å²) in [6.07, 6.45) is 0. The maximum atomic E-state index is 13.5. The zero-order valence-corrected chi connectivity index (χ0v) is 21.3. The van der Waals surface area contributed by atoms with Gasteiger partial charge in [-0.05, 0) is 54.8 Å². The van der Waals surface area contributed by atoms with E-state index in [1.807, 2.05) is 32.0 Å². The number of amides is 1. The molecule has 1 aliphatic rings. The van der Waals surface area contributed by atoms with E-state index in [4.69, 9.17) is 25.8 Å². The Labute approximate surface area is 214 Å². The number of nitrogens with zero attached hydrogens (tertiary/aromatic N) is 1. The third-order valence-electron chi connectivity index (χ3n) is 6.23. The molecule has 1 heterocycles. The average molecular weight is 508 g/mol. The molecule has 4 rings (SSSR count). The summed E-state index contributed by atoms with van der Waals surface area (Å²) in [4.78, 5) is 28.4. The lowest BCUT2D eigenvalue weighted by Crippen LogP contribution is -2.30. The molecular weight excluding hydrogens is 482 g/mol. The number of ether oxygens (including phenoxy) is 3. The number of hydrogen-bond donors (Lipinski definition) is 1. The molecule has 1 fully saturated rings. The van der Waals surface area contributed by atoms with E-state index in [9.17, 15) is 14.7 Å². The maximum Gasteiger partial charge on any atom is 0.300 e. The molecular formula is C28H26ClNO6. The van der Waals surface area contributed by atoms with E-state index in [1.54, 1.807) is 31.4 Å². The summed E-state index contributed by atoms with van der Waals surface area (Å²) in [5.41, 5.74) is 3.03. The topological polar surface area (TPSA) is 85.3 Å². The van der Waals surface area contributed by atoms with Gasteiger partial charge in [0.05, 0.1) is 43.5 Å². The standard InChI is InChI=1S/C28H26ClNO6/c1-15-6-7-16(2)21(12-15)30-25(17-8-10-18(34-3)11-9-17)24(27(32)28(30)33)26(31)19-13-20(29)23(36-5)14-22(19)35-4/h6-14,25,31H,1-5H3/b26-24+. The van der Waals surface area contributed by atoms with Gasteiger partial charge in [-0.1, -0.05) is 35.9 Å². The first-order chi connectivity index (χ1) is 17.2. The second kappa shape index (κ2) is 9.95. The third-order valence-corrected chi connectivity index (χ3v) is 6.52. The van der Waals surface area contributed by atoms with Crippen molar-refractivity contribution >= 4 is 34.7 Å². The highest BCUT2D eigenvalue weighted by atomic mass is 35.5. The van der Waals surface area contributed by atoms with Crippen molar-refractivity contribution < 1.29 is 28.9 Å². The number of aryl methyl sites for hydroxylation is 2. The minimum absolute atomic E-state index is 0.0781. The monoisotopic (exact) mass is 507 g/mol. The van der Waals surface area contributed by atoms with E-state index in [0.29, 0.717) is 22.7 Å². The van der Waals surface area contributed by atoms with E-state index in [1.165, 1.54) is 31.3 Å². The molecule has 0 aliphatic carbocycles. The first-order valence-electron chi connectivity index (χ1n) is 11.2. The fourth-order valence-corrected chi connectivity index (χ4v) is 4.59. The Balaban J connectivity index is 2.01. The highest BCUT2D eigenvalue weighted by molar-refractivity contribution is 6.52. The van der Waals surface area contributed by atoms with Crippen LogP contribution in [0, 0.1) is 13.8 Å². The molecule has 36 heavy (non-hydrogen) atoms. The molecule has 3 aromatic rings. The van der Waals surface area contributed by atoms with Gasteiger partial charge >= 0.3 is 0 Å². The number of halogens is 1. The van der Waals surface area contributed by atoms with Crippen molar-refractivity contribution in [2.24, 2.45) is 0 Å². The van der Waals surface area contributed by atoms with Gasteiger partial charge in [0, 0.05) is 11.8 Å². The zero-order chi connectivity index (χ0) is 26.1. The molecule has 1 N–H and O–H groups in total. The molecule has 0 aromatic heterocycles. The summed E-state index contributed by atoms with van der Waals surface area (Å²) in [5.74, 6) is -0.768. The SMILES string of the molecule is COc1ccc(C2/C(=C(\O)c3cc(Cl)c(OC)cc3OC)C(=O)C(=O)N2c2cc(C)ccc2C)cc1. The number of Topliss-reactive ketones (excluding diaryl/α,β-unsaturated/α-hetero) is 1. The molecule has 1 atom stereocenters. The van der Waals surface area contributed by atoms with Crippen LogP contribution in [0.15, 0.2) is 60.2 Å². The molecule has 8 heteroatoms. The summed E-state index contributed by atoms with van der Waals surface area (Å²) in [5, 5.41) is 11.7. The minimum Gasteiger partial charge on any atom is -0.507 e. The Morgan fingerprint density at radius 3 is 2.17 bits per heavy atom. The number of aliphatic hydroxyl groups excluding tert-OH is 1. The number of aliphatic hydroxyl groups is 1. The number of anilines is 1. The molecule has 1 amide bonds. The van der Waals surface area contributed by atoms with Crippen molar-refractivity contribution in [3.63, 3.8) is 0 Å². The molecule has 3 aromatic carbocycles. The predicted octanol–water partition coefficient (Wildman–Crippen LogP) is 5.61. The minimum atomic E-state index is -0.901. The molecule has 0 saturated carbocycles. The van der Waals surface area contributed by atoms with Gasteiger partial charge in [-0.3, -0.25) is 14.5 Å². The van der Waals surface area contributed by atoms with Gasteiger partial charge in [-0.2, -0.15) is 0 Å². The Hall–Kier alpha value is -3.97. The van der Waals surface area contributed by atoms with Crippen LogP contribution in [0.1, 0.15) is 28.3 Å². The van der Waals surface area contributed by atoms with Gasteiger partial charge in [-0.25, -0.2) is 0 Å². The fraction of sp³-hybridized carbons (Fsp3) is 0.214. The number of carbonyl (C=O) groups is 2. The van der Waals surface area contributed by atoms with E-state index in [-0.39, 0.29) is 21.9 Å². The normalized spacial score (nSPS) is 16.8. The van der Waals surface area contributed by atoms with Gasteiger partial charge in [-0.15, -0.1) is 0 Å². The van der Waals surface area contributed by atoms with Crippen LogP contribution in [0.3, 0.4) is 0 Å². The van der Waals surface area contributed by atoms with Crippen LogP contribution in [0.5, 0.6) is 17.2 Å². The fourth-order valence-electron chi connectivity index (χ4n) is 4.35. The zero-order valence-electron chi connectivity index (χ0n) is 20.6. The number of methoxy groups -OCH3 is 3. The highest BCUT2D eigenvalue weighted by Crippen LogP contribution is 2.45. The Kier molecular flexibility index (Phi) is 6.95. The van der Waals surface area contributed by atoms with Crippen molar-refractivity contribution in [2.45, 2.75) is 19.9 Å².